The van der Waals surface area contributed by atoms with Crippen molar-refractivity contribution in [1.82, 2.24) is 0 Å². The highest BCUT2D eigenvalue weighted by molar-refractivity contribution is 6.26. The van der Waals surface area contributed by atoms with Crippen molar-refractivity contribution in [2.75, 3.05) is 9.80 Å². The molecular formula is C58H38N2O2. The molecule has 0 bridgehead atoms. The molecule has 62 heavy (non-hydrogen) atoms. The molecule has 0 saturated carbocycles. The summed E-state index contributed by atoms with van der Waals surface area (Å²) in [5.74, 6) is 0. The molecule has 4 heteroatoms. The van der Waals surface area contributed by atoms with Gasteiger partial charge in [0.15, 0.2) is 0 Å². The van der Waals surface area contributed by atoms with E-state index in [0.29, 0.717) is 0 Å². The molecule has 0 saturated heterocycles. The third-order valence-corrected chi connectivity index (χ3v) is 12.0. The topological polar surface area (TPSA) is 32.8 Å². The van der Waals surface area contributed by atoms with Gasteiger partial charge < -0.3 is 18.6 Å². The first-order chi connectivity index (χ1) is 30.8. The minimum Gasteiger partial charge on any atom is -0.455 e. The largest absolute Gasteiger partial charge is 0.455 e. The van der Waals surface area contributed by atoms with Crippen molar-refractivity contribution < 1.29 is 8.83 Å². The van der Waals surface area contributed by atoms with Crippen LogP contribution in [0, 0.1) is 0 Å². The van der Waals surface area contributed by atoms with E-state index in [4.69, 9.17) is 8.83 Å². The van der Waals surface area contributed by atoms with Crippen molar-refractivity contribution >= 4 is 88.8 Å². The van der Waals surface area contributed by atoms with Crippen molar-refractivity contribution in [3.8, 4) is 22.3 Å². The van der Waals surface area contributed by atoms with Crippen molar-refractivity contribution in [3.63, 3.8) is 0 Å². The second kappa shape index (κ2) is 14.7. The first-order valence-electron chi connectivity index (χ1n) is 21.0. The lowest BCUT2D eigenvalue weighted by Gasteiger charge is -2.25. The third-order valence-electron chi connectivity index (χ3n) is 12.0. The number of hydrogen-bond acceptors (Lipinski definition) is 4. The van der Waals surface area contributed by atoms with Crippen molar-refractivity contribution in [3.05, 3.63) is 231 Å². The Morgan fingerprint density at radius 2 is 0.548 bits per heavy atom. The van der Waals surface area contributed by atoms with Gasteiger partial charge >= 0.3 is 0 Å². The quantitative estimate of drug-likeness (QED) is 0.153. The van der Waals surface area contributed by atoms with Crippen molar-refractivity contribution in [2.24, 2.45) is 0 Å². The molecule has 0 unspecified atom stereocenters. The van der Waals surface area contributed by atoms with Crippen LogP contribution in [0.2, 0.25) is 0 Å². The summed E-state index contributed by atoms with van der Waals surface area (Å²) in [6.07, 6.45) is 0. The molecule has 2 aromatic heterocycles. The summed E-state index contributed by atoms with van der Waals surface area (Å²) in [6.45, 7) is 0. The molecule has 10 aromatic carbocycles. The van der Waals surface area contributed by atoms with Gasteiger partial charge in [0.2, 0.25) is 0 Å². The maximum Gasteiger partial charge on any atom is 0.143 e. The molecule has 0 aliphatic heterocycles. The lowest BCUT2D eigenvalue weighted by molar-refractivity contribution is 0.669. The Morgan fingerprint density at radius 3 is 0.871 bits per heavy atom. The van der Waals surface area contributed by atoms with Gasteiger partial charge in [0.1, 0.15) is 22.3 Å². The summed E-state index contributed by atoms with van der Waals surface area (Å²) in [4.78, 5) is 4.55. The highest BCUT2D eigenvalue weighted by Crippen LogP contribution is 2.49. The number of para-hydroxylation sites is 4. The number of fused-ring (bicyclic) bond motifs is 7. The maximum atomic E-state index is 7.11. The number of benzene rings is 10. The van der Waals surface area contributed by atoms with E-state index in [1.54, 1.807) is 0 Å². The van der Waals surface area contributed by atoms with Crippen LogP contribution in [-0.2, 0) is 0 Å². The van der Waals surface area contributed by atoms with E-state index in [9.17, 15) is 0 Å². The van der Waals surface area contributed by atoms with Crippen LogP contribution in [0.4, 0.5) is 34.1 Å². The van der Waals surface area contributed by atoms with Crippen LogP contribution in [-0.4, -0.2) is 0 Å². The van der Waals surface area contributed by atoms with Gasteiger partial charge in [-0.25, -0.2) is 0 Å². The zero-order valence-corrected chi connectivity index (χ0v) is 33.7. The molecule has 0 atom stereocenters. The highest BCUT2D eigenvalue weighted by Gasteiger charge is 2.25. The monoisotopic (exact) mass is 794 g/mol. The van der Waals surface area contributed by atoms with Gasteiger partial charge in [-0.3, -0.25) is 0 Å². The average molecular weight is 795 g/mol. The Kier molecular flexibility index (Phi) is 8.46. The van der Waals surface area contributed by atoms with Crippen molar-refractivity contribution in [1.29, 1.82) is 0 Å². The van der Waals surface area contributed by atoms with Gasteiger partial charge in [0, 0.05) is 78.9 Å². The van der Waals surface area contributed by atoms with Gasteiger partial charge in [0.25, 0.3) is 0 Å². The van der Waals surface area contributed by atoms with Gasteiger partial charge in [-0.1, -0.05) is 133 Å². The number of hydrogen-bond donors (Lipinski definition) is 0. The Hall–Kier alpha value is -8.34. The summed E-state index contributed by atoms with van der Waals surface area (Å²) in [5, 5.41) is 6.43. The number of rotatable bonds is 8. The molecule has 12 rings (SSSR count). The van der Waals surface area contributed by atoms with Crippen LogP contribution >= 0.6 is 0 Å². The fraction of sp³-hybridized carbons (Fsp3) is 0. The van der Waals surface area contributed by atoms with Crippen molar-refractivity contribution in [2.45, 2.75) is 0 Å². The van der Waals surface area contributed by atoms with E-state index in [1.807, 2.05) is 0 Å². The molecular weight excluding hydrogens is 757 g/mol. The van der Waals surface area contributed by atoms with E-state index in [-0.39, 0.29) is 0 Å². The van der Waals surface area contributed by atoms with E-state index in [1.165, 1.54) is 0 Å². The molecule has 292 valence electrons. The van der Waals surface area contributed by atoms with Crippen LogP contribution in [0.1, 0.15) is 0 Å². The minimum atomic E-state index is 0.825. The maximum absolute atomic E-state index is 7.11. The first kappa shape index (κ1) is 35.6. The minimum absolute atomic E-state index is 0.825. The Labute approximate surface area is 358 Å². The predicted molar refractivity (Wildman–Crippen MR) is 259 cm³/mol. The standard InChI is InChI=1S/C58H38N2O2/c1-7-19-39(20-8-1)55-49-37-52-48-34-32-46(60(43-27-15-5-16-28-43)44-29-17-6-18-30-44)36-54(48)62-58(52)56(40-21-9-2-10-22-40)50(49)38-51-47-33-31-45(35-53(47)61-57(51)55)59(41-23-11-3-12-24-41)42-25-13-4-14-26-42/h1-38H. The predicted octanol–water partition coefficient (Wildman–Crippen LogP) is 16.9. The normalized spacial score (nSPS) is 11.5. The van der Waals surface area contributed by atoms with Gasteiger partial charge in [-0.15, -0.1) is 0 Å². The smallest absolute Gasteiger partial charge is 0.143 e. The second-order valence-electron chi connectivity index (χ2n) is 15.7. The second-order valence-corrected chi connectivity index (χ2v) is 15.7. The molecule has 0 aliphatic rings. The Balaban J connectivity index is 1.13. The summed E-state index contributed by atoms with van der Waals surface area (Å²) in [6, 6.07) is 81.1. The Morgan fingerprint density at radius 1 is 0.242 bits per heavy atom. The van der Waals surface area contributed by atoms with E-state index in [0.717, 1.165) is 111 Å². The summed E-state index contributed by atoms with van der Waals surface area (Å²) >= 11 is 0. The molecule has 0 N–H and O–H groups in total. The SMILES string of the molecule is c1ccc(-c2c3cc4c(oc5cc(N(c6ccccc6)c6ccccc6)ccc54)c(-c4ccccc4)c3cc3c2oc2cc(N(c4ccccc4)c4ccccc4)ccc23)cc1. The molecule has 0 amide bonds. The average Bonchev–Trinajstić information content (AvgIpc) is 3.89. The first-order valence-corrected chi connectivity index (χ1v) is 21.0. The lowest BCUT2D eigenvalue weighted by atomic mass is 9.89. The summed E-state index contributed by atoms with van der Waals surface area (Å²) < 4.78 is 14.2. The molecule has 0 fully saturated rings. The van der Waals surface area contributed by atoms with Crippen LogP contribution in [0.15, 0.2) is 239 Å². The van der Waals surface area contributed by atoms with Crippen LogP contribution in [0.25, 0.3) is 76.9 Å². The lowest BCUT2D eigenvalue weighted by Crippen LogP contribution is -2.09. The number of furan rings is 2. The zero-order valence-electron chi connectivity index (χ0n) is 33.7. The van der Waals surface area contributed by atoms with Gasteiger partial charge in [0.05, 0.1) is 0 Å². The van der Waals surface area contributed by atoms with Gasteiger partial charge in [-0.05, 0) is 107 Å². The Bertz CT molecular complexity index is 3230. The van der Waals surface area contributed by atoms with Gasteiger partial charge in [-0.2, -0.15) is 0 Å². The molecule has 0 radical (unpaired) electrons. The fourth-order valence-corrected chi connectivity index (χ4v) is 9.23. The molecule has 4 nitrogen and oxygen atoms in total. The fourth-order valence-electron chi connectivity index (χ4n) is 9.23. The zero-order chi connectivity index (χ0) is 41.0. The number of anilines is 6. The van der Waals surface area contributed by atoms with E-state index < -0.39 is 0 Å². The van der Waals surface area contributed by atoms with Crippen LogP contribution in [0.5, 0.6) is 0 Å². The highest BCUT2D eigenvalue weighted by atomic mass is 16.3. The summed E-state index contributed by atoms with van der Waals surface area (Å²) in [7, 11) is 0. The number of nitrogens with zero attached hydrogens (tertiary/aromatic N) is 2. The summed E-state index contributed by atoms with van der Waals surface area (Å²) in [5.41, 5.74) is 14.0. The van der Waals surface area contributed by atoms with Crippen LogP contribution < -0.4 is 9.80 Å². The van der Waals surface area contributed by atoms with E-state index in [2.05, 4.69) is 240 Å². The molecule has 12 aromatic rings. The van der Waals surface area contributed by atoms with E-state index >= 15 is 0 Å². The third kappa shape index (κ3) is 5.92. The molecule has 0 spiro atoms. The molecule has 2 heterocycles. The molecule has 0 aliphatic carbocycles. The van der Waals surface area contributed by atoms with Crippen LogP contribution in [0.3, 0.4) is 0 Å².